The molecule has 3 rings (SSSR count). The van der Waals surface area contributed by atoms with Gasteiger partial charge in [-0.2, -0.15) is 0 Å². The predicted molar refractivity (Wildman–Crippen MR) is 78.6 cm³/mol. The summed E-state index contributed by atoms with van der Waals surface area (Å²) >= 11 is 0. The van der Waals surface area contributed by atoms with Gasteiger partial charge < -0.3 is 19.3 Å². The van der Waals surface area contributed by atoms with Gasteiger partial charge >= 0.3 is 11.8 Å². The Morgan fingerprint density at radius 3 is 2.41 bits per heavy atom. The molecule has 2 amide bonds. The van der Waals surface area contributed by atoms with Crippen LogP contribution in [-0.4, -0.2) is 56.1 Å². The van der Waals surface area contributed by atoms with Gasteiger partial charge in [-0.05, 0) is 12.1 Å². The number of anilines is 1. The van der Waals surface area contributed by atoms with Gasteiger partial charge in [-0.15, -0.1) is 0 Å². The zero-order valence-corrected chi connectivity index (χ0v) is 12.1. The molecule has 8 nitrogen and oxygen atoms in total. The first-order valence-corrected chi connectivity index (χ1v) is 7.13. The predicted octanol–water partition coefficient (Wildman–Crippen LogP) is -0.904. The van der Waals surface area contributed by atoms with Gasteiger partial charge in [0.25, 0.3) is 0 Å². The summed E-state index contributed by atoms with van der Waals surface area (Å²) in [4.78, 5) is 26.6. The third-order valence-electron chi connectivity index (χ3n) is 3.78. The minimum absolute atomic E-state index is 0.473. The van der Waals surface area contributed by atoms with Crippen LogP contribution in [-0.2, 0) is 9.59 Å². The van der Waals surface area contributed by atoms with Crippen molar-refractivity contribution >= 4 is 17.5 Å². The number of nitrogens with zero attached hydrogens (tertiary/aromatic N) is 2. The van der Waals surface area contributed by atoms with Crippen molar-refractivity contribution in [3.05, 3.63) is 18.2 Å². The Bertz CT molecular complexity index is 584. The summed E-state index contributed by atoms with van der Waals surface area (Å²) < 4.78 is 11.1. The smallest absolute Gasteiger partial charge is 0.323 e. The van der Waals surface area contributed by atoms with Crippen LogP contribution < -0.4 is 25.6 Å². The molecule has 22 heavy (non-hydrogen) atoms. The summed E-state index contributed by atoms with van der Waals surface area (Å²) in [7, 11) is 0. The van der Waals surface area contributed by atoms with E-state index in [1.165, 1.54) is 4.90 Å². The van der Waals surface area contributed by atoms with E-state index >= 15 is 0 Å². The maximum absolute atomic E-state index is 11.7. The number of piperazine rings is 1. The minimum atomic E-state index is -0.784. The van der Waals surface area contributed by atoms with Crippen molar-refractivity contribution in [2.75, 3.05) is 44.3 Å². The van der Waals surface area contributed by atoms with Crippen molar-refractivity contribution in [3.63, 3.8) is 0 Å². The molecule has 0 aliphatic carbocycles. The summed E-state index contributed by atoms with van der Waals surface area (Å²) in [5.74, 6) is 5.10. The topological polar surface area (TPSA) is 97.1 Å². The summed E-state index contributed by atoms with van der Waals surface area (Å²) in [5.41, 5.74) is 2.88. The summed E-state index contributed by atoms with van der Waals surface area (Å²) in [5, 5.41) is 0. The fourth-order valence-electron chi connectivity index (χ4n) is 2.60. The second-order valence-corrected chi connectivity index (χ2v) is 5.08. The van der Waals surface area contributed by atoms with E-state index in [0.29, 0.717) is 39.4 Å². The molecule has 8 heteroatoms. The number of amides is 2. The number of rotatable bonds is 1. The molecule has 3 N–H and O–H groups in total. The Hall–Kier alpha value is -2.48. The highest BCUT2D eigenvalue weighted by Crippen LogP contribution is 2.34. The first-order chi connectivity index (χ1) is 10.7. The van der Waals surface area contributed by atoms with Gasteiger partial charge in [-0.1, -0.05) is 0 Å². The standard InChI is InChI=1S/C14H18N4O4/c15-16-13(19)14(20)18-5-3-17(4-6-18)10-1-2-11-12(9-10)22-8-7-21-11/h1-2,9H,3-8,15H2,(H,16,19). The van der Waals surface area contributed by atoms with Gasteiger partial charge in [0.15, 0.2) is 11.5 Å². The van der Waals surface area contributed by atoms with Crippen molar-refractivity contribution in [3.8, 4) is 11.5 Å². The van der Waals surface area contributed by atoms with Crippen LogP contribution in [0.2, 0.25) is 0 Å². The van der Waals surface area contributed by atoms with Crippen molar-refractivity contribution in [1.82, 2.24) is 10.3 Å². The number of carbonyl (C=O) groups is 2. The number of benzene rings is 1. The normalized spacial score (nSPS) is 17.1. The first kappa shape index (κ1) is 14.5. The molecule has 118 valence electrons. The minimum Gasteiger partial charge on any atom is -0.486 e. The van der Waals surface area contributed by atoms with E-state index in [9.17, 15) is 9.59 Å². The quantitative estimate of drug-likeness (QED) is 0.302. The highest BCUT2D eigenvalue weighted by molar-refractivity contribution is 6.34. The molecule has 0 bridgehead atoms. The highest BCUT2D eigenvalue weighted by Gasteiger charge is 2.26. The van der Waals surface area contributed by atoms with Gasteiger partial charge in [0.2, 0.25) is 0 Å². The number of nitrogens with two attached hydrogens (primary N) is 1. The van der Waals surface area contributed by atoms with Crippen LogP contribution in [0.3, 0.4) is 0 Å². The van der Waals surface area contributed by atoms with Gasteiger partial charge in [-0.3, -0.25) is 15.0 Å². The van der Waals surface area contributed by atoms with Crippen LogP contribution in [0.4, 0.5) is 5.69 Å². The lowest BCUT2D eigenvalue weighted by atomic mass is 10.2. The largest absolute Gasteiger partial charge is 0.486 e. The number of hydrazine groups is 1. The summed E-state index contributed by atoms with van der Waals surface area (Å²) in [6.07, 6.45) is 0. The second kappa shape index (κ2) is 6.10. The average molecular weight is 306 g/mol. The number of carbonyl (C=O) groups excluding carboxylic acids is 2. The molecule has 2 aliphatic heterocycles. The van der Waals surface area contributed by atoms with E-state index in [4.69, 9.17) is 15.3 Å². The number of fused-ring (bicyclic) bond motifs is 1. The Morgan fingerprint density at radius 2 is 1.73 bits per heavy atom. The van der Waals surface area contributed by atoms with Crippen molar-refractivity contribution in [2.45, 2.75) is 0 Å². The molecular weight excluding hydrogens is 288 g/mol. The molecule has 0 aromatic heterocycles. The highest BCUT2D eigenvalue weighted by atomic mass is 16.6. The third-order valence-corrected chi connectivity index (χ3v) is 3.78. The number of ether oxygens (including phenoxy) is 2. The average Bonchev–Trinajstić information content (AvgIpc) is 2.60. The number of nitrogens with one attached hydrogen (secondary N) is 1. The molecular formula is C14H18N4O4. The first-order valence-electron chi connectivity index (χ1n) is 7.13. The van der Waals surface area contributed by atoms with Gasteiger partial charge in [0, 0.05) is 37.9 Å². The van der Waals surface area contributed by atoms with Crippen LogP contribution in [0.15, 0.2) is 18.2 Å². The van der Waals surface area contributed by atoms with Crippen LogP contribution >= 0.6 is 0 Å². The van der Waals surface area contributed by atoms with E-state index < -0.39 is 11.8 Å². The molecule has 2 heterocycles. The van der Waals surface area contributed by atoms with Crippen molar-refractivity contribution < 1.29 is 19.1 Å². The van der Waals surface area contributed by atoms with E-state index in [1.807, 2.05) is 23.6 Å². The Kier molecular flexibility index (Phi) is 4.01. The van der Waals surface area contributed by atoms with E-state index in [0.717, 1.165) is 17.2 Å². The van der Waals surface area contributed by atoms with E-state index in [2.05, 4.69) is 4.90 Å². The fourth-order valence-corrected chi connectivity index (χ4v) is 2.60. The van der Waals surface area contributed by atoms with Crippen LogP contribution in [0.1, 0.15) is 0 Å². The van der Waals surface area contributed by atoms with E-state index in [1.54, 1.807) is 0 Å². The summed E-state index contributed by atoms with van der Waals surface area (Å²) in [6.45, 7) is 3.34. The molecule has 1 aromatic carbocycles. The molecule has 1 fully saturated rings. The van der Waals surface area contributed by atoms with Gasteiger partial charge in [0.1, 0.15) is 13.2 Å². The van der Waals surface area contributed by atoms with Gasteiger partial charge in [-0.25, -0.2) is 5.84 Å². The Morgan fingerprint density at radius 1 is 1.05 bits per heavy atom. The zero-order valence-electron chi connectivity index (χ0n) is 12.1. The molecule has 0 unspecified atom stereocenters. The lowest BCUT2D eigenvalue weighted by molar-refractivity contribution is -0.146. The van der Waals surface area contributed by atoms with Crippen LogP contribution in [0, 0.1) is 0 Å². The molecule has 2 aliphatic rings. The molecule has 1 aromatic rings. The molecule has 0 atom stereocenters. The summed E-state index contributed by atoms with van der Waals surface area (Å²) in [6, 6.07) is 5.80. The lowest BCUT2D eigenvalue weighted by Gasteiger charge is -2.36. The van der Waals surface area contributed by atoms with Crippen molar-refractivity contribution in [1.29, 1.82) is 0 Å². The number of hydrogen-bond acceptors (Lipinski definition) is 6. The fraction of sp³-hybridized carbons (Fsp3) is 0.429. The van der Waals surface area contributed by atoms with E-state index in [-0.39, 0.29) is 0 Å². The Labute approximate surface area is 127 Å². The van der Waals surface area contributed by atoms with Crippen LogP contribution in [0.25, 0.3) is 0 Å². The third kappa shape index (κ3) is 2.77. The van der Waals surface area contributed by atoms with Crippen molar-refractivity contribution in [2.24, 2.45) is 5.84 Å². The maximum atomic E-state index is 11.7. The molecule has 1 saturated heterocycles. The monoisotopic (exact) mass is 306 g/mol. The molecule has 0 saturated carbocycles. The molecule has 0 radical (unpaired) electrons. The lowest BCUT2D eigenvalue weighted by Crippen LogP contribution is -2.53. The van der Waals surface area contributed by atoms with Crippen LogP contribution in [0.5, 0.6) is 11.5 Å². The van der Waals surface area contributed by atoms with Gasteiger partial charge in [0.05, 0.1) is 0 Å². The second-order valence-electron chi connectivity index (χ2n) is 5.08. The number of hydrogen-bond donors (Lipinski definition) is 2. The Balaban J connectivity index is 1.64. The SMILES string of the molecule is NNC(=O)C(=O)N1CCN(c2ccc3c(c2)OCCO3)CC1. The molecule has 0 spiro atoms. The maximum Gasteiger partial charge on any atom is 0.323 e. The zero-order chi connectivity index (χ0) is 15.5.